The fraction of sp³-hybridized carbons (Fsp3) is 0.857. The highest BCUT2D eigenvalue weighted by Crippen LogP contribution is 1.99. The number of hydrogen-bond donors (Lipinski definition) is 1. The zero-order valence-electron chi connectivity index (χ0n) is 13.1. The van der Waals surface area contributed by atoms with Gasteiger partial charge in [0.05, 0.1) is 19.8 Å². The Hall–Kier alpha value is -1.18. The van der Waals surface area contributed by atoms with E-state index >= 15 is 0 Å². The third-order valence-corrected chi connectivity index (χ3v) is 3.33. The van der Waals surface area contributed by atoms with Gasteiger partial charge >= 0.3 is 5.97 Å². The van der Waals surface area contributed by atoms with Crippen molar-refractivity contribution < 1.29 is 19.1 Å². The summed E-state index contributed by atoms with van der Waals surface area (Å²) in [7, 11) is 1.58. The van der Waals surface area contributed by atoms with Gasteiger partial charge in [-0.2, -0.15) is 0 Å². The van der Waals surface area contributed by atoms with Crippen molar-refractivity contribution in [1.29, 1.82) is 0 Å². The van der Waals surface area contributed by atoms with Crippen molar-refractivity contribution in [3.63, 3.8) is 0 Å². The number of nitrogens with zero attached hydrogens (tertiary/aromatic N) is 2. The zero-order valence-corrected chi connectivity index (χ0v) is 13.1. The van der Waals surface area contributed by atoms with E-state index in [9.17, 15) is 9.59 Å². The van der Waals surface area contributed by atoms with Crippen LogP contribution in [0.1, 0.15) is 13.3 Å². The molecule has 21 heavy (non-hydrogen) atoms. The lowest BCUT2D eigenvalue weighted by Crippen LogP contribution is -2.45. The highest BCUT2D eigenvalue weighted by atomic mass is 16.5. The van der Waals surface area contributed by atoms with Crippen LogP contribution in [-0.2, 0) is 19.1 Å². The minimum absolute atomic E-state index is 0.0118. The Balaban J connectivity index is 2.50. The highest BCUT2D eigenvalue weighted by Gasteiger charge is 2.20. The van der Waals surface area contributed by atoms with Crippen LogP contribution in [0.4, 0.5) is 0 Å². The molecule has 1 heterocycles. The average molecular weight is 301 g/mol. The topological polar surface area (TPSA) is 71.1 Å². The minimum atomic E-state index is -0.375. The molecule has 7 heteroatoms. The van der Waals surface area contributed by atoms with Gasteiger partial charge in [-0.3, -0.25) is 14.5 Å². The van der Waals surface area contributed by atoms with Crippen molar-refractivity contribution in [2.45, 2.75) is 13.3 Å². The maximum Gasteiger partial charge on any atom is 0.325 e. The van der Waals surface area contributed by atoms with Crippen molar-refractivity contribution >= 4 is 11.9 Å². The van der Waals surface area contributed by atoms with Gasteiger partial charge in [-0.05, 0) is 26.4 Å². The van der Waals surface area contributed by atoms with Gasteiger partial charge in [0.15, 0.2) is 0 Å². The molecule has 1 fully saturated rings. The van der Waals surface area contributed by atoms with Gasteiger partial charge in [0.2, 0.25) is 5.91 Å². The molecule has 1 saturated heterocycles. The second-order valence-electron chi connectivity index (χ2n) is 4.99. The molecule has 1 rings (SSSR count). The number of rotatable bonds is 8. The van der Waals surface area contributed by atoms with Crippen molar-refractivity contribution in [2.24, 2.45) is 0 Å². The number of methoxy groups -OCH3 is 1. The van der Waals surface area contributed by atoms with Crippen LogP contribution in [0, 0.1) is 0 Å². The van der Waals surface area contributed by atoms with E-state index in [-0.39, 0.29) is 18.4 Å². The van der Waals surface area contributed by atoms with Gasteiger partial charge in [0.1, 0.15) is 6.54 Å². The monoisotopic (exact) mass is 301 g/mol. The van der Waals surface area contributed by atoms with E-state index in [1.54, 1.807) is 14.0 Å². The number of esters is 1. The van der Waals surface area contributed by atoms with Crippen LogP contribution in [0.15, 0.2) is 0 Å². The molecule has 7 nitrogen and oxygen atoms in total. The molecule has 0 aromatic heterocycles. The maximum atomic E-state index is 12.4. The lowest BCUT2D eigenvalue weighted by Gasteiger charge is -2.25. The van der Waals surface area contributed by atoms with Gasteiger partial charge < -0.3 is 19.7 Å². The summed E-state index contributed by atoms with van der Waals surface area (Å²) >= 11 is 0. The third-order valence-electron chi connectivity index (χ3n) is 3.33. The molecule has 0 unspecified atom stereocenters. The van der Waals surface area contributed by atoms with Crippen LogP contribution in [0.5, 0.6) is 0 Å². The number of nitrogens with one attached hydrogen (secondary N) is 1. The highest BCUT2D eigenvalue weighted by molar-refractivity contribution is 5.83. The summed E-state index contributed by atoms with van der Waals surface area (Å²) in [5.74, 6) is -0.429. The Bertz CT molecular complexity index is 317. The predicted octanol–water partition coefficient (Wildman–Crippen LogP) is -0.680. The van der Waals surface area contributed by atoms with Crippen molar-refractivity contribution in [2.75, 3.05) is 66.1 Å². The van der Waals surface area contributed by atoms with E-state index in [2.05, 4.69) is 10.2 Å². The normalized spacial score (nSPS) is 16.3. The van der Waals surface area contributed by atoms with Gasteiger partial charge in [-0.25, -0.2) is 0 Å². The van der Waals surface area contributed by atoms with E-state index in [1.807, 2.05) is 0 Å². The summed E-state index contributed by atoms with van der Waals surface area (Å²) in [6.45, 7) is 6.84. The number of carbonyl (C=O) groups excluding carboxylic acids is 2. The second-order valence-corrected chi connectivity index (χ2v) is 4.99. The fourth-order valence-electron chi connectivity index (χ4n) is 2.21. The van der Waals surface area contributed by atoms with Crippen LogP contribution in [0.2, 0.25) is 0 Å². The predicted molar refractivity (Wildman–Crippen MR) is 79.0 cm³/mol. The van der Waals surface area contributed by atoms with Crippen molar-refractivity contribution in [1.82, 2.24) is 15.1 Å². The Morgan fingerprint density at radius 1 is 1.29 bits per heavy atom. The molecule has 0 saturated carbocycles. The first-order chi connectivity index (χ1) is 10.2. The first-order valence-electron chi connectivity index (χ1n) is 7.52. The van der Waals surface area contributed by atoms with Crippen molar-refractivity contribution in [3.05, 3.63) is 0 Å². The van der Waals surface area contributed by atoms with E-state index in [0.29, 0.717) is 26.3 Å². The lowest BCUT2D eigenvalue weighted by molar-refractivity contribution is -0.149. The molecular formula is C14H27N3O4. The Morgan fingerprint density at radius 2 is 2.10 bits per heavy atom. The summed E-state index contributed by atoms with van der Waals surface area (Å²) in [5.41, 5.74) is 0. The molecule has 0 aromatic rings. The first-order valence-corrected chi connectivity index (χ1v) is 7.52. The average Bonchev–Trinajstić information content (AvgIpc) is 2.72. The summed E-state index contributed by atoms with van der Waals surface area (Å²) in [4.78, 5) is 27.6. The number of amides is 1. The van der Waals surface area contributed by atoms with E-state index in [1.165, 1.54) is 4.90 Å². The smallest absolute Gasteiger partial charge is 0.325 e. The summed E-state index contributed by atoms with van der Waals surface area (Å²) in [6, 6.07) is 0. The van der Waals surface area contributed by atoms with Gasteiger partial charge in [0, 0.05) is 26.7 Å². The molecule has 0 radical (unpaired) electrons. The number of carbonyl (C=O) groups is 2. The lowest BCUT2D eigenvalue weighted by atomic mass is 10.3. The molecule has 122 valence electrons. The SMILES string of the molecule is CCOC(=O)CN(CCOC)C(=O)CN1CCCNCC1. The van der Waals surface area contributed by atoms with E-state index in [0.717, 1.165) is 32.6 Å². The Labute approximate surface area is 126 Å². The van der Waals surface area contributed by atoms with Gasteiger partial charge in [-0.15, -0.1) is 0 Å². The third kappa shape index (κ3) is 7.40. The summed E-state index contributed by atoms with van der Waals surface area (Å²) in [6.07, 6.45) is 1.03. The van der Waals surface area contributed by atoms with Crippen LogP contribution < -0.4 is 5.32 Å². The standard InChI is InChI=1S/C14H27N3O4/c1-3-21-14(19)12-17(9-10-20-2)13(18)11-16-7-4-5-15-6-8-16/h15H,3-12H2,1-2H3. The molecule has 1 aliphatic heterocycles. The molecule has 1 amide bonds. The molecule has 1 N–H and O–H groups in total. The molecule has 1 aliphatic rings. The molecule has 0 aliphatic carbocycles. The molecule has 0 aromatic carbocycles. The second kappa shape index (κ2) is 10.5. The summed E-state index contributed by atoms with van der Waals surface area (Å²) < 4.78 is 9.92. The van der Waals surface area contributed by atoms with Crippen molar-refractivity contribution in [3.8, 4) is 0 Å². The largest absolute Gasteiger partial charge is 0.465 e. The van der Waals surface area contributed by atoms with Crippen LogP contribution in [0.3, 0.4) is 0 Å². The van der Waals surface area contributed by atoms with Crippen LogP contribution in [-0.4, -0.2) is 87.8 Å². The molecule has 0 atom stereocenters. The molecular weight excluding hydrogens is 274 g/mol. The number of hydrogen-bond acceptors (Lipinski definition) is 6. The Morgan fingerprint density at radius 3 is 2.81 bits per heavy atom. The van der Waals surface area contributed by atoms with Gasteiger partial charge in [-0.1, -0.05) is 0 Å². The van der Waals surface area contributed by atoms with E-state index < -0.39 is 0 Å². The van der Waals surface area contributed by atoms with Gasteiger partial charge in [0.25, 0.3) is 0 Å². The molecule has 0 spiro atoms. The first kappa shape index (κ1) is 17.9. The van der Waals surface area contributed by atoms with E-state index in [4.69, 9.17) is 9.47 Å². The minimum Gasteiger partial charge on any atom is -0.465 e. The van der Waals surface area contributed by atoms with Crippen LogP contribution >= 0.6 is 0 Å². The Kier molecular flexibility index (Phi) is 8.96. The quantitative estimate of drug-likeness (QED) is 0.599. The maximum absolute atomic E-state index is 12.4. The zero-order chi connectivity index (χ0) is 15.5. The molecule has 0 bridgehead atoms. The fourth-order valence-corrected chi connectivity index (χ4v) is 2.21. The number of ether oxygens (including phenoxy) is 2. The van der Waals surface area contributed by atoms with Crippen LogP contribution in [0.25, 0.3) is 0 Å². The summed E-state index contributed by atoms with van der Waals surface area (Å²) in [5, 5.41) is 3.30.